The fourth-order valence-electron chi connectivity index (χ4n) is 22.8. The Morgan fingerprint density at radius 3 is 0.669 bits per heavy atom. The molecule has 0 spiro atoms. The minimum atomic E-state index is 0.123. The van der Waals surface area contributed by atoms with Gasteiger partial charge in [0.15, 0.2) is 0 Å². The lowest BCUT2D eigenvalue weighted by molar-refractivity contribution is 0.590. The van der Waals surface area contributed by atoms with Crippen LogP contribution in [-0.4, -0.2) is 0 Å². The Morgan fingerprint density at radius 1 is 0.154 bits per heavy atom. The third-order valence-corrected chi connectivity index (χ3v) is 34.6. The predicted molar refractivity (Wildman–Crippen MR) is 602 cm³/mol. The van der Waals surface area contributed by atoms with E-state index in [1.54, 1.807) is 0 Å². The summed E-state index contributed by atoms with van der Waals surface area (Å²) in [7, 11) is 0. The van der Waals surface area contributed by atoms with Crippen LogP contribution in [0.4, 0.5) is 0 Å². The average molecular weight is 1810 g/mol. The fourth-order valence-corrected chi connectivity index (χ4v) is 27.8. The lowest BCUT2D eigenvalue weighted by Crippen LogP contribution is -2.10. The van der Waals surface area contributed by atoms with E-state index in [0.29, 0.717) is 0 Å². The molecule has 652 valence electrons. The first-order chi connectivity index (χ1) is 66.0. The van der Waals surface area contributed by atoms with Gasteiger partial charge in [0.2, 0.25) is 0 Å². The van der Waals surface area contributed by atoms with E-state index in [9.17, 15) is 0 Å². The number of aryl methyl sites for hydroxylation is 8. The Labute approximate surface area is 810 Å². The summed E-state index contributed by atoms with van der Waals surface area (Å²) < 4.78 is 10.7. The first kappa shape index (κ1) is 83.6. The summed E-state index contributed by atoms with van der Waals surface area (Å²) in [6.07, 6.45) is 0. The summed E-state index contributed by atoms with van der Waals surface area (Å²) in [6, 6.07) is 134. The minimum absolute atomic E-state index is 0.123. The molecule has 26 rings (SSSR count). The monoisotopic (exact) mass is 1810 g/mol. The highest BCUT2D eigenvalue weighted by atomic mass is 32.1. The van der Waals surface area contributed by atoms with Crippen molar-refractivity contribution in [3.8, 4) is 111 Å². The van der Waals surface area contributed by atoms with Crippen LogP contribution in [0.25, 0.3) is 257 Å². The zero-order valence-electron chi connectivity index (χ0n) is 79.1. The van der Waals surface area contributed by atoms with Crippen LogP contribution in [0.2, 0.25) is 0 Å². The molecule has 0 aliphatic heterocycles. The molecule has 0 saturated carbocycles. The highest BCUT2D eigenvalue weighted by molar-refractivity contribution is 7.28. The molecular weight excluding hydrogens is 1710 g/mol. The largest absolute Gasteiger partial charge is 0.135 e. The molecule has 26 aromatic rings. The Balaban J connectivity index is 0.000000147. The average Bonchev–Trinajstić information content (AvgIpc) is 1.41. The SMILES string of the molecule is CC(C)(C)c1ccc(-c2ccc3c(c2)sc2c3cc3c(-c4ccccc4)cc4c5sc6cc(-c7ccc(C(C)(C)C)cc7)ccc6c5cc5c(-c6ccccc6)cc2c3c54)cc1.Cc1cc(-c2ccc3c(c2)sc2c3cc3c(-c4c(C)cccc4C)cc4c5sc6cc(-c7cc(C)c(-c8ccccc8)cc7C)ccc6c5cc5c(-c6c(C)cccc6C)cc2c3c54)c(C)cc1-c1ccccc1. The molecule has 0 N–H and O–H groups in total. The molecule has 0 amide bonds. The van der Waals surface area contributed by atoms with Crippen molar-refractivity contribution in [1.29, 1.82) is 0 Å². The predicted octanol–water partition coefficient (Wildman–Crippen LogP) is 40.4. The number of thiophene rings is 4. The van der Waals surface area contributed by atoms with E-state index in [0.717, 1.165) is 0 Å². The van der Waals surface area contributed by atoms with Gasteiger partial charge in [-0.05, 0) is 349 Å². The minimum Gasteiger partial charge on any atom is -0.135 e. The fraction of sp³-hybridized carbons (Fsp3) is 0.121. The number of rotatable bonds is 10. The van der Waals surface area contributed by atoms with Crippen molar-refractivity contribution in [2.45, 2.75) is 108 Å². The first-order valence-corrected chi connectivity index (χ1v) is 51.1. The maximum Gasteiger partial charge on any atom is 0.0434 e. The van der Waals surface area contributed by atoms with Crippen LogP contribution in [0, 0.1) is 55.4 Å². The molecule has 0 unspecified atom stereocenters. The second-order valence-corrected chi connectivity index (χ2v) is 44.7. The summed E-state index contributed by atoms with van der Waals surface area (Å²) in [5.74, 6) is 0. The molecule has 0 nitrogen and oxygen atoms in total. The number of benzene rings is 22. The third-order valence-electron chi connectivity index (χ3n) is 29.8. The van der Waals surface area contributed by atoms with Crippen molar-refractivity contribution in [3.05, 3.63) is 407 Å². The quantitative estimate of drug-likeness (QED) is 0.120. The summed E-state index contributed by atoms with van der Waals surface area (Å²) >= 11 is 7.82. The summed E-state index contributed by atoms with van der Waals surface area (Å²) in [5, 5.41) is 26.7. The second-order valence-electron chi connectivity index (χ2n) is 40.5. The van der Waals surface area contributed by atoms with Gasteiger partial charge < -0.3 is 0 Å². The van der Waals surface area contributed by atoms with Crippen LogP contribution in [0.15, 0.2) is 352 Å². The third kappa shape index (κ3) is 13.5. The van der Waals surface area contributed by atoms with Crippen molar-refractivity contribution in [2.75, 3.05) is 0 Å². The van der Waals surface area contributed by atoms with Crippen LogP contribution in [0.3, 0.4) is 0 Å². The van der Waals surface area contributed by atoms with Gasteiger partial charge >= 0.3 is 0 Å². The highest BCUT2D eigenvalue weighted by Crippen LogP contribution is 2.58. The van der Waals surface area contributed by atoms with E-state index < -0.39 is 0 Å². The maximum absolute atomic E-state index is 2.59. The number of fused-ring (bicyclic) bond motifs is 16. The Morgan fingerprint density at radius 2 is 0.390 bits per heavy atom. The molecule has 4 heteroatoms. The van der Waals surface area contributed by atoms with Crippen molar-refractivity contribution in [3.63, 3.8) is 0 Å². The Bertz CT molecular complexity index is 8860. The molecule has 0 aliphatic carbocycles. The Hall–Kier alpha value is -14.2. The van der Waals surface area contributed by atoms with Crippen molar-refractivity contribution in [2.24, 2.45) is 0 Å². The molecule has 0 fully saturated rings. The van der Waals surface area contributed by atoms with Gasteiger partial charge in [-0.1, -0.05) is 321 Å². The zero-order valence-corrected chi connectivity index (χ0v) is 82.4. The standard InChI is InChI=1S/C72H54S2.C60H46S2/c1-39-17-15-18-40(2)67(39)57-37-63-70-60(36-62-52-28-26-50(34-66(52)73-71(62)63)56-32-44(6)54(30-46(56)8)48-23-13-10-14-24-48)58(68-41(3)19-16-20-42(68)4)38-64-69(70)59(57)35-61-51-27-25-49(33-65(51)74-72(61)64)55-31-43(5)53(29-45(55)7)47-21-11-9-12-22-47;1-59(2,3)41-23-17-35(18-24-41)39-21-27-43-49-33-47-46(38-15-11-8-12-16-38)32-52-56-48(45(37-13-9-7-10-14-37)31-51(55(47)56)57(49)61-53(43)29-39)34-50-44-28-22-40(30-54(44)62-58(50)52)36-19-25-42(26-20-36)60(4,5)6/h9-38H,1-8H3;7-34H,1-6H3. The lowest BCUT2D eigenvalue weighted by Gasteiger charge is -2.22. The molecule has 4 aromatic heterocycles. The number of hydrogen-bond acceptors (Lipinski definition) is 4. The molecular formula is C132H100S4. The highest BCUT2D eigenvalue weighted by Gasteiger charge is 2.30. The smallest absolute Gasteiger partial charge is 0.0434 e. The molecule has 22 aromatic carbocycles. The van der Waals surface area contributed by atoms with E-state index in [2.05, 4.69) is 449 Å². The van der Waals surface area contributed by atoms with Gasteiger partial charge in [-0.2, -0.15) is 0 Å². The van der Waals surface area contributed by atoms with Gasteiger partial charge in [-0.15, -0.1) is 45.3 Å². The van der Waals surface area contributed by atoms with Gasteiger partial charge in [0.05, 0.1) is 0 Å². The van der Waals surface area contributed by atoms with Gasteiger partial charge in [0, 0.05) is 102 Å². The van der Waals surface area contributed by atoms with Crippen molar-refractivity contribution in [1.82, 2.24) is 0 Å². The Kier molecular flexibility index (Phi) is 19.5. The van der Waals surface area contributed by atoms with Crippen LogP contribution < -0.4 is 0 Å². The summed E-state index contributed by atoms with van der Waals surface area (Å²) in [5.41, 5.74) is 39.0. The van der Waals surface area contributed by atoms with E-state index in [1.807, 2.05) is 45.3 Å². The van der Waals surface area contributed by atoms with Crippen molar-refractivity contribution < 1.29 is 0 Å². The maximum atomic E-state index is 2.59. The van der Waals surface area contributed by atoms with Gasteiger partial charge in [0.1, 0.15) is 0 Å². The molecule has 0 aliphatic rings. The molecule has 0 saturated heterocycles. The second kappa shape index (κ2) is 31.7. The van der Waals surface area contributed by atoms with Gasteiger partial charge in [-0.25, -0.2) is 0 Å². The van der Waals surface area contributed by atoms with E-state index in [1.165, 1.54) is 312 Å². The molecule has 0 bridgehead atoms. The van der Waals surface area contributed by atoms with Crippen LogP contribution in [0.5, 0.6) is 0 Å². The lowest BCUT2D eigenvalue weighted by atomic mass is 9.82. The van der Waals surface area contributed by atoms with E-state index in [-0.39, 0.29) is 10.8 Å². The van der Waals surface area contributed by atoms with Crippen molar-refractivity contribution >= 4 is 191 Å². The topological polar surface area (TPSA) is 0 Å². The normalized spacial score (nSPS) is 12.3. The summed E-state index contributed by atoms with van der Waals surface area (Å²) in [6.45, 7) is 31.9. The van der Waals surface area contributed by atoms with Gasteiger partial charge in [0.25, 0.3) is 0 Å². The van der Waals surface area contributed by atoms with Crippen LogP contribution >= 0.6 is 45.3 Å². The van der Waals surface area contributed by atoms with Crippen LogP contribution in [-0.2, 0) is 10.8 Å². The van der Waals surface area contributed by atoms with E-state index >= 15 is 0 Å². The zero-order chi connectivity index (χ0) is 92.3. The van der Waals surface area contributed by atoms with Crippen LogP contribution in [0.1, 0.15) is 97.2 Å². The van der Waals surface area contributed by atoms with E-state index in [4.69, 9.17) is 0 Å². The summed E-state index contributed by atoms with van der Waals surface area (Å²) in [4.78, 5) is 0. The first-order valence-electron chi connectivity index (χ1n) is 47.8. The molecule has 4 heterocycles. The molecule has 0 atom stereocenters. The number of hydrogen-bond donors (Lipinski definition) is 0. The molecule has 0 radical (unpaired) electrons. The van der Waals surface area contributed by atoms with Gasteiger partial charge in [-0.3, -0.25) is 0 Å². The molecule has 136 heavy (non-hydrogen) atoms.